The fourth-order valence-electron chi connectivity index (χ4n) is 4.39. The highest BCUT2D eigenvalue weighted by molar-refractivity contribution is 6.00. The van der Waals surface area contributed by atoms with Crippen molar-refractivity contribution in [2.75, 3.05) is 31.5 Å². The average Bonchev–Trinajstić information content (AvgIpc) is 2.89. The first-order valence-electron chi connectivity index (χ1n) is 11.2. The Morgan fingerprint density at radius 1 is 0.914 bits per heavy atom. The van der Waals surface area contributed by atoms with E-state index in [1.807, 2.05) is 0 Å². The Hall–Kier alpha value is -4.07. The molecule has 8 heteroatoms. The summed E-state index contributed by atoms with van der Waals surface area (Å²) in [5.74, 6) is 0.303. The number of carbonyl (C=O) groups is 2. The smallest absolute Gasteiger partial charge is 0.230 e. The van der Waals surface area contributed by atoms with E-state index >= 15 is 0 Å². The number of hydrogen-bond acceptors (Lipinski definition) is 5. The van der Waals surface area contributed by atoms with Crippen molar-refractivity contribution in [2.45, 2.75) is 18.9 Å². The number of benzene rings is 3. The normalized spacial score (nSPS) is 17.6. The minimum atomic E-state index is -0.637. The van der Waals surface area contributed by atoms with Crippen LogP contribution in [0.5, 0.6) is 17.2 Å². The number of piperidine rings is 1. The number of carbonyl (C=O) groups excluding carboxylic acids is 2. The van der Waals surface area contributed by atoms with Crippen molar-refractivity contribution in [1.29, 1.82) is 0 Å². The van der Waals surface area contributed by atoms with Crippen molar-refractivity contribution >= 4 is 23.2 Å². The van der Waals surface area contributed by atoms with E-state index in [9.17, 15) is 14.0 Å². The molecule has 1 N–H and O–H groups in total. The van der Waals surface area contributed by atoms with Gasteiger partial charge in [-0.15, -0.1) is 0 Å². The molecule has 0 aliphatic carbocycles. The van der Waals surface area contributed by atoms with Crippen molar-refractivity contribution in [1.82, 2.24) is 0 Å². The van der Waals surface area contributed by atoms with E-state index in [0.717, 1.165) is 0 Å². The first-order valence-corrected chi connectivity index (χ1v) is 11.2. The Balaban J connectivity index is 1.73. The lowest BCUT2D eigenvalue weighted by Crippen LogP contribution is -2.47. The summed E-state index contributed by atoms with van der Waals surface area (Å²) in [6.45, 7) is 0. The molecule has 0 saturated carbocycles. The Kier molecular flexibility index (Phi) is 7.19. The van der Waals surface area contributed by atoms with Gasteiger partial charge in [0.25, 0.3) is 0 Å². The molecule has 1 saturated heterocycles. The van der Waals surface area contributed by atoms with E-state index in [1.54, 1.807) is 66.6 Å². The van der Waals surface area contributed by atoms with Crippen LogP contribution in [-0.2, 0) is 9.59 Å². The van der Waals surface area contributed by atoms with Crippen LogP contribution in [0.2, 0.25) is 0 Å². The van der Waals surface area contributed by atoms with E-state index in [1.165, 1.54) is 26.4 Å². The summed E-state index contributed by atoms with van der Waals surface area (Å²) in [5.41, 5.74) is 1.75. The molecule has 182 valence electrons. The molecular formula is C27H27FN2O5. The van der Waals surface area contributed by atoms with Gasteiger partial charge < -0.3 is 24.4 Å². The molecule has 3 aromatic carbocycles. The fourth-order valence-corrected chi connectivity index (χ4v) is 4.39. The van der Waals surface area contributed by atoms with Crippen molar-refractivity contribution in [2.24, 2.45) is 5.92 Å². The lowest BCUT2D eigenvalue weighted by atomic mass is 9.83. The van der Waals surface area contributed by atoms with E-state index in [0.29, 0.717) is 40.6 Å². The van der Waals surface area contributed by atoms with Crippen LogP contribution in [0.1, 0.15) is 24.4 Å². The first-order chi connectivity index (χ1) is 16.9. The third-order valence-electron chi connectivity index (χ3n) is 6.16. The molecule has 1 aliphatic rings. The topological polar surface area (TPSA) is 77.1 Å². The minimum Gasteiger partial charge on any atom is -0.497 e. The Morgan fingerprint density at radius 2 is 1.57 bits per heavy atom. The van der Waals surface area contributed by atoms with Gasteiger partial charge in [0.15, 0.2) is 0 Å². The van der Waals surface area contributed by atoms with Crippen molar-refractivity contribution in [3.05, 3.63) is 78.1 Å². The van der Waals surface area contributed by atoms with Gasteiger partial charge >= 0.3 is 0 Å². The number of halogens is 1. The monoisotopic (exact) mass is 478 g/mol. The van der Waals surface area contributed by atoms with Crippen molar-refractivity contribution in [3.8, 4) is 17.2 Å². The number of rotatable bonds is 7. The predicted molar refractivity (Wildman–Crippen MR) is 131 cm³/mol. The zero-order valence-corrected chi connectivity index (χ0v) is 19.8. The van der Waals surface area contributed by atoms with Gasteiger partial charge in [0.05, 0.1) is 39.0 Å². The molecule has 1 fully saturated rings. The van der Waals surface area contributed by atoms with Crippen LogP contribution < -0.4 is 24.4 Å². The maximum atomic E-state index is 13.7. The summed E-state index contributed by atoms with van der Waals surface area (Å²) in [4.78, 5) is 28.4. The Bertz CT molecular complexity index is 1200. The summed E-state index contributed by atoms with van der Waals surface area (Å²) in [6.07, 6.45) is 0.530. The summed E-state index contributed by atoms with van der Waals surface area (Å²) in [7, 11) is 4.62. The highest BCUT2D eigenvalue weighted by Crippen LogP contribution is 2.41. The number of ether oxygens (including phenoxy) is 3. The number of hydrogen-bond donors (Lipinski definition) is 1. The van der Waals surface area contributed by atoms with Gasteiger partial charge in [-0.3, -0.25) is 9.59 Å². The van der Waals surface area contributed by atoms with E-state index in [2.05, 4.69) is 5.32 Å². The SMILES string of the molecule is COc1ccc(N2C(=O)CCC(C(=O)Nc3cc(OC)ccc3OC)C2c2ccc(F)cc2)cc1. The summed E-state index contributed by atoms with van der Waals surface area (Å²) < 4.78 is 29.7. The maximum Gasteiger partial charge on any atom is 0.230 e. The summed E-state index contributed by atoms with van der Waals surface area (Å²) in [6, 6.07) is 17.5. The number of amides is 2. The summed E-state index contributed by atoms with van der Waals surface area (Å²) >= 11 is 0. The van der Waals surface area contributed by atoms with Gasteiger partial charge in [-0.05, 0) is 60.5 Å². The maximum absolute atomic E-state index is 13.7. The van der Waals surface area contributed by atoms with Crippen molar-refractivity contribution in [3.63, 3.8) is 0 Å². The number of methoxy groups -OCH3 is 3. The quantitative estimate of drug-likeness (QED) is 0.519. The second kappa shape index (κ2) is 10.5. The van der Waals surface area contributed by atoms with Gasteiger partial charge in [-0.2, -0.15) is 0 Å². The lowest BCUT2D eigenvalue weighted by molar-refractivity contribution is -0.125. The second-order valence-corrected chi connectivity index (χ2v) is 8.16. The van der Waals surface area contributed by atoms with Gasteiger partial charge in [0.2, 0.25) is 11.8 Å². The molecule has 35 heavy (non-hydrogen) atoms. The molecule has 0 radical (unpaired) electrons. The molecule has 0 bridgehead atoms. The van der Waals surface area contributed by atoms with Crippen molar-refractivity contribution < 1.29 is 28.2 Å². The number of anilines is 2. The van der Waals surface area contributed by atoms with E-state index in [4.69, 9.17) is 14.2 Å². The average molecular weight is 479 g/mol. The molecule has 0 aromatic heterocycles. The largest absolute Gasteiger partial charge is 0.497 e. The third kappa shape index (κ3) is 5.06. The molecule has 1 aliphatic heterocycles. The van der Waals surface area contributed by atoms with Crippen LogP contribution in [0.25, 0.3) is 0 Å². The molecule has 2 atom stereocenters. The molecule has 1 heterocycles. The standard InChI is InChI=1S/C27H27FN2O5/c1-33-20-10-8-19(9-11-20)30-25(31)15-13-22(26(30)17-4-6-18(28)7-5-17)27(32)29-23-16-21(34-2)12-14-24(23)35-3/h4-12,14,16,22,26H,13,15H2,1-3H3,(H,29,32). The first kappa shape index (κ1) is 24.1. The lowest BCUT2D eigenvalue weighted by Gasteiger charge is -2.41. The zero-order valence-electron chi connectivity index (χ0n) is 19.8. The van der Waals surface area contributed by atoms with Crippen LogP contribution in [0.3, 0.4) is 0 Å². The van der Waals surface area contributed by atoms with Gasteiger partial charge in [-0.1, -0.05) is 12.1 Å². The number of nitrogens with one attached hydrogen (secondary N) is 1. The van der Waals surface area contributed by atoms with Crippen LogP contribution in [0.4, 0.5) is 15.8 Å². The van der Waals surface area contributed by atoms with Gasteiger partial charge in [0, 0.05) is 18.2 Å². The molecule has 2 unspecified atom stereocenters. The third-order valence-corrected chi connectivity index (χ3v) is 6.16. The van der Waals surface area contributed by atoms with Crippen LogP contribution in [-0.4, -0.2) is 33.1 Å². The van der Waals surface area contributed by atoms with Gasteiger partial charge in [-0.25, -0.2) is 4.39 Å². The molecule has 3 aromatic rings. The highest BCUT2D eigenvalue weighted by atomic mass is 19.1. The van der Waals surface area contributed by atoms with Gasteiger partial charge in [0.1, 0.15) is 23.1 Å². The summed E-state index contributed by atoms with van der Waals surface area (Å²) in [5, 5.41) is 2.95. The van der Waals surface area contributed by atoms with E-state index in [-0.39, 0.29) is 18.2 Å². The Labute approximate surface area is 203 Å². The van der Waals surface area contributed by atoms with E-state index < -0.39 is 17.8 Å². The fraction of sp³-hybridized carbons (Fsp3) is 0.259. The Morgan fingerprint density at radius 3 is 2.20 bits per heavy atom. The molecule has 0 spiro atoms. The molecular weight excluding hydrogens is 451 g/mol. The predicted octanol–water partition coefficient (Wildman–Crippen LogP) is 4.97. The molecule has 4 rings (SSSR count). The van der Waals surface area contributed by atoms with Crippen LogP contribution >= 0.6 is 0 Å². The molecule has 2 amide bonds. The van der Waals surface area contributed by atoms with Crippen LogP contribution in [0, 0.1) is 11.7 Å². The zero-order chi connectivity index (χ0) is 24.9. The van der Waals surface area contributed by atoms with Crippen LogP contribution in [0.15, 0.2) is 66.7 Å². The highest BCUT2D eigenvalue weighted by Gasteiger charge is 2.41. The second-order valence-electron chi connectivity index (χ2n) is 8.16. The molecule has 7 nitrogen and oxygen atoms in total. The minimum absolute atomic E-state index is 0.118. The number of nitrogens with zero attached hydrogens (tertiary/aromatic N) is 1.